The van der Waals surface area contributed by atoms with E-state index in [9.17, 15) is 0 Å². The summed E-state index contributed by atoms with van der Waals surface area (Å²) >= 11 is 28.8. The Morgan fingerprint density at radius 3 is 1.55 bits per heavy atom. The number of aromatic nitrogens is 2. The maximum atomic E-state index is 8.83. The standard InChI is InChI=1S/C11H11Cl2N3.C6H10N2.C5H2Cl3N/c12-9-6-15-7-10(13)11(9)16-3-1-8(5-14)2-4-16;7-5-6-1-3-8-4-2-6;6-3-1-9-2-4(7)5(3)8/h6-8H,1-4H2;6,8H,1-4H2;1-2H. The van der Waals surface area contributed by atoms with E-state index in [0.717, 1.165) is 57.5 Å². The van der Waals surface area contributed by atoms with E-state index in [-0.39, 0.29) is 5.92 Å². The molecule has 4 rings (SSSR count). The van der Waals surface area contributed by atoms with Crippen molar-refractivity contribution in [1.82, 2.24) is 15.3 Å². The van der Waals surface area contributed by atoms with Gasteiger partial charge in [0.05, 0.1) is 42.9 Å². The number of nitrogens with one attached hydrogen (secondary N) is 1. The second-order valence-electron chi connectivity index (χ2n) is 7.41. The molecule has 0 spiro atoms. The summed E-state index contributed by atoms with van der Waals surface area (Å²) in [7, 11) is 0. The first-order chi connectivity index (χ1) is 15.9. The number of hydrogen-bond donors (Lipinski definition) is 1. The normalized spacial score (nSPS) is 16.4. The first-order valence-corrected chi connectivity index (χ1v) is 12.2. The van der Waals surface area contributed by atoms with Gasteiger partial charge in [-0.1, -0.05) is 58.0 Å². The highest BCUT2D eigenvalue weighted by Crippen LogP contribution is 2.34. The molecule has 2 saturated heterocycles. The van der Waals surface area contributed by atoms with Gasteiger partial charge in [-0.3, -0.25) is 9.97 Å². The van der Waals surface area contributed by atoms with Crippen LogP contribution in [0.15, 0.2) is 24.8 Å². The number of nitriles is 2. The summed E-state index contributed by atoms with van der Waals surface area (Å²) in [5, 5.41) is 22.7. The lowest BCUT2D eigenvalue weighted by Gasteiger charge is -2.32. The van der Waals surface area contributed by atoms with Gasteiger partial charge in [0.1, 0.15) is 0 Å². The minimum Gasteiger partial charge on any atom is -0.369 e. The molecule has 33 heavy (non-hydrogen) atoms. The Bertz CT molecular complexity index is 936. The van der Waals surface area contributed by atoms with Crippen LogP contribution in [0.4, 0.5) is 5.69 Å². The average molecular weight is 549 g/mol. The smallest absolute Gasteiger partial charge is 0.0838 e. The second kappa shape index (κ2) is 14.7. The Balaban J connectivity index is 0.000000192. The van der Waals surface area contributed by atoms with E-state index in [1.165, 1.54) is 12.4 Å². The Morgan fingerprint density at radius 2 is 1.15 bits per heavy atom. The van der Waals surface area contributed by atoms with E-state index in [4.69, 9.17) is 68.5 Å². The number of anilines is 1. The number of piperidine rings is 2. The Morgan fingerprint density at radius 1 is 0.727 bits per heavy atom. The van der Waals surface area contributed by atoms with Crippen LogP contribution in [0, 0.1) is 34.5 Å². The highest BCUT2D eigenvalue weighted by molar-refractivity contribution is 6.47. The third-order valence-corrected chi connectivity index (χ3v) is 6.87. The lowest BCUT2D eigenvalue weighted by Crippen LogP contribution is -2.33. The van der Waals surface area contributed by atoms with Crippen molar-refractivity contribution < 1.29 is 0 Å². The largest absolute Gasteiger partial charge is 0.369 e. The summed E-state index contributed by atoms with van der Waals surface area (Å²) in [6.07, 6.45) is 9.88. The van der Waals surface area contributed by atoms with Crippen molar-refractivity contribution in [3.63, 3.8) is 0 Å². The Labute approximate surface area is 219 Å². The molecule has 0 saturated carbocycles. The predicted molar refractivity (Wildman–Crippen MR) is 135 cm³/mol. The van der Waals surface area contributed by atoms with Crippen molar-refractivity contribution in [2.24, 2.45) is 11.8 Å². The molecule has 0 unspecified atom stereocenters. The van der Waals surface area contributed by atoms with Crippen molar-refractivity contribution >= 4 is 63.7 Å². The van der Waals surface area contributed by atoms with Crippen molar-refractivity contribution in [3.05, 3.63) is 49.9 Å². The number of pyridine rings is 2. The van der Waals surface area contributed by atoms with Gasteiger partial charge < -0.3 is 10.2 Å². The number of halogens is 5. The molecule has 0 aliphatic carbocycles. The SMILES string of the molecule is Clc1cncc(Cl)c1Cl.N#CC1CCN(c2c(Cl)cncc2Cl)CC1.N#CC1CCNCC1. The third kappa shape index (κ3) is 8.98. The van der Waals surface area contributed by atoms with Crippen LogP contribution in [0.2, 0.25) is 25.1 Å². The van der Waals surface area contributed by atoms with Gasteiger partial charge in [0, 0.05) is 49.7 Å². The van der Waals surface area contributed by atoms with Crippen molar-refractivity contribution in [1.29, 1.82) is 10.5 Å². The highest BCUT2D eigenvalue weighted by Gasteiger charge is 2.22. The topological polar surface area (TPSA) is 88.6 Å². The lowest BCUT2D eigenvalue weighted by molar-refractivity contribution is 0.444. The van der Waals surface area contributed by atoms with Gasteiger partial charge >= 0.3 is 0 Å². The number of hydrogen-bond acceptors (Lipinski definition) is 6. The zero-order chi connectivity index (χ0) is 24.2. The zero-order valence-corrected chi connectivity index (χ0v) is 21.5. The molecule has 0 radical (unpaired) electrons. The van der Waals surface area contributed by atoms with Crippen LogP contribution in [-0.2, 0) is 0 Å². The van der Waals surface area contributed by atoms with E-state index in [0.29, 0.717) is 31.0 Å². The number of nitrogens with zero attached hydrogens (tertiary/aromatic N) is 5. The summed E-state index contributed by atoms with van der Waals surface area (Å²) < 4.78 is 0. The molecular weight excluding hydrogens is 526 g/mol. The van der Waals surface area contributed by atoms with Gasteiger partial charge in [0.25, 0.3) is 0 Å². The summed E-state index contributed by atoms with van der Waals surface area (Å²) in [6.45, 7) is 3.69. The molecular formula is C22H23Cl5N6. The fourth-order valence-corrected chi connectivity index (χ4v) is 4.35. The molecule has 0 atom stereocenters. The molecule has 0 bridgehead atoms. The molecule has 2 fully saturated rings. The minimum atomic E-state index is 0.163. The average Bonchev–Trinajstić information content (AvgIpc) is 2.84. The van der Waals surface area contributed by atoms with Gasteiger partial charge in [-0.2, -0.15) is 10.5 Å². The Kier molecular flexibility index (Phi) is 12.3. The van der Waals surface area contributed by atoms with Gasteiger partial charge in [0.2, 0.25) is 0 Å². The van der Waals surface area contributed by atoms with Gasteiger partial charge in [-0.25, -0.2) is 0 Å². The first-order valence-electron chi connectivity index (χ1n) is 10.4. The molecule has 176 valence electrons. The predicted octanol–water partition coefficient (Wildman–Crippen LogP) is 6.68. The van der Waals surface area contributed by atoms with E-state index in [1.807, 2.05) is 0 Å². The zero-order valence-electron chi connectivity index (χ0n) is 17.7. The monoisotopic (exact) mass is 546 g/mol. The highest BCUT2D eigenvalue weighted by atomic mass is 35.5. The molecule has 2 aliphatic rings. The van der Waals surface area contributed by atoms with Crippen molar-refractivity contribution in [3.8, 4) is 12.1 Å². The molecule has 1 N–H and O–H groups in total. The summed E-state index contributed by atoms with van der Waals surface area (Å²) in [5.74, 6) is 0.492. The van der Waals surface area contributed by atoms with Crippen molar-refractivity contribution in [2.75, 3.05) is 31.1 Å². The van der Waals surface area contributed by atoms with Gasteiger partial charge in [-0.05, 0) is 38.8 Å². The van der Waals surface area contributed by atoms with Crippen LogP contribution >= 0.6 is 58.0 Å². The molecule has 2 aromatic heterocycles. The summed E-state index contributed by atoms with van der Waals surface area (Å²) in [5.41, 5.74) is 0.842. The molecule has 4 heterocycles. The van der Waals surface area contributed by atoms with Crippen LogP contribution in [-0.4, -0.2) is 36.1 Å². The van der Waals surface area contributed by atoms with E-state index < -0.39 is 0 Å². The molecule has 0 amide bonds. The third-order valence-electron chi connectivity index (χ3n) is 5.14. The van der Waals surface area contributed by atoms with E-state index in [1.54, 1.807) is 12.4 Å². The Hall–Kier alpha value is -1.51. The van der Waals surface area contributed by atoms with Crippen LogP contribution in [0.3, 0.4) is 0 Å². The maximum Gasteiger partial charge on any atom is 0.0838 e. The van der Waals surface area contributed by atoms with E-state index >= 15 is 0 Å². The second-order valence-corrected chi connectivity index (χ2v) is 9.42. The quantitative estimate of drug-likeness (QED) is 0.428. The van der Waals surface area contributed by atoms with Crippen LogP contribution < -0.4 is 10.2 Å². The van der Waals surface area contributed by atoms with Crippen LogP contribution in [0.25, 0.3) is 0 Å². The van der Waals surface area contributed by atoms with Crippen molar-refractivity contribution in [2.45, 2.75) is 25.7 Å². The van der Waals surface area contributed by atoms with Crippen LogP contribution in [0.1, 0.15) is 25.7 Å². The summed E-state index contributed by atoms with van der Waals surface area (Å²) in [4.78, 5) is 9.75. The molecule has 2 aliphatic heterocycles. The minimum absolute atomic E-state index is 0.163. The number of rotatable bonds is 1. The molecule has 2 aromatic rings. The van der Waals surface area contributed by atoms with Gasteiger partial charge in [-0.15, -0.1) is 0 Å². The fraction of sp³-hybridized carbons (Fsp3) is 0.455. The molecule has 11 heteroatoms. The van der Waals surface area contributed by atoms with Crippen LogP contribution in [0.5, 0.6) is 0 Å². The fourth-order valence-electron chi connectivity index (χ4n) is 3.29. The summed E-state index contributed by atoms with van der Waals surface area (Å²) in [6, 6.07) is 4.56. The first kappa shape index (κ1) is 27.7. The molecule has 0 aromatic carbocycles. The lowest BCUT2D eigenvalue weighted by atomic mass is 9.98. The maximum absolute atomic E-state index is 8.83. The van der Waals surface area contributed by atoms with Gasteiger partial charge in [0.15, 0.2) is 0 Å². The molecule has 6 nitrogen and oxygen atoms in total. The van der Waals surface area contributed by atoms with E-state index in [2.05, 4.69) is 32.3 Å².